The first-order valence-electron chi connectivity index (χ1n) is 8.45. The molecule has 2 aliphatic rings. The fourth-order valence-corrected chi connectivity index (χ4v) is 5.52. The van der Waals surface area contributed by atoms with Crippen LogP contribution in [0.5, 0.6) is 0 Å². The Morgan fingerprint density at radius 3 is 2.59 bits per heavy atom. The van der Waals surface area contributed by atoms with Crippen LogP contribution in [-0.2, 0) is 9.73 Å². The van der Waals surface area contributed by atoms with Crippen molar-refractivity contribution < 1.29 is 4.21 Å². The van der Waals surface area contributed by atoms with Crippen molar-refractivity contribution in [2.45, 2.75) is 59.0 Å². The van der Waals surface area contributed by atoms with Crippen molar-refractivity contribution in [1.82, 2.24) is 4.90 Å². The van der Waals surface area contributed by atoms with Crippen molar-refractivity contribution in [2.24, 2.45) is 10.3 Å². The van der Waals surface area contributed by atoms with E-state index in [1.165, 1.54) is 5.57 Å². The molecule has 22 heavy (non-hydrogen) atoms. The second-order valence-electron chi connectivity index (χ2n) is 7.78. The van der Waals surface area contributed by atoms with Gasteiger partial charge in [-0.1, -0.05) is 31.6 Å². The van der Waals surface area contributed by atoms with E-state index in [0.717, 1.165) is 19.4 Å². The summed E-state index contributed by atoms with van der Waals surface area (Å²) < 4.78 is 17.2. The van der Waals surface area contributed by atoms with Gasteiger partial charge in [-0.05, 0) is 45.1 Å². The van der Waals surface area contributed by atoms with Gasteiger partial charge in [0.1, 0.15) is 0 Å². The molecule has 0 aromatic heterocycles. The second kappa shape index (κ2) is 6.48. The van der Waals surface area contributed by atoms with E-state index in [0.29, 0.717) is 17.4 Å². The fraction of sp³-hybridized carbons (Fsp3) is 0.778. The molecule has 0 bridgehead atoms. The van der Waals surface area contributed by atoms with E-state index in [4.69, 9.17) is 0 Å². The quantitative estimate of drug-likeness (QED) is 0.772. The number of hydrogen-bond acceptors (Lipinski definition) is 3. The smallest absolute Gasteiger partial charge is 0.0516 e. The van der Waals surface area contributed by atoms with Crippen LogP contribution >= 0.6 is 0 Å². The van der Waals surface area contributed by atoms with Crippen LogP contribution in [-0.4, -0.2) is 45.8 Å². The zero-order valence-electron chi connectivity index (χ0n) is 15.1. The number of nitrogens with zero attached hydrogens (tertiary/aromatic N) is 2. The van der Waals surface area contributed by atoms with Gasteiger partial charge in [-0.3, -0.25) is 4.90 Å². The highest BCUT2D eigenvalue weighted by Gasteiger charge is 2.38. The maximum Gasteiger partial charge on any atom is 0.0516 e. The Kier molecular flexibility index (Phi) is 5.23. The third-order valence-corrected chi connectivity index (χ3v) is 7.27. The Morgan fingerprint density at radius 2 is 2.05 bits per heavy atom. The Morgan fingerprint density at radius 1 is 1.36 bits per heavy atom. The molecular weight excluding hydrogens is 292 g/mol. The predicted octanol–water partition coefficient (Wildman–Crippen LogP) is 3.87. The lowest BCUT2D eigenvalue weighted by atomic mass is 9.85. The molecular formula is C18H32N2OS. The van der Waals surface area contributed by atoms with Gasteiger partial charge in [-0.15, -0.1) is 0 Å². The minimum atomic E-state index is -2.05. The van der Waals surface area contributed by atoms with Crippen LogP contribution < -0.4 is 0 Å². The maximum absolute atomic E-state index is 12.9. The number of rotatable bonds is 2. The second-order valence-corrected chi connectivity index (χ2v) is 10.4. The molecule has 1 aliphatic carbocycles. The summed E-state index contributed by atoms with van der Waals surface area (Å²) in [7, 11) is -0.331. The molecule has 3 nitrogen and oxygen atoms in total. The average Bonchev–Trinajstić information content (AvgIpc) is 2.46. The summed E-state index contributed by atoms with van der Waals surface area (Å²) in [5.74, 6) is 1.93. The molecule has 1 fully saturated rings. The maximum atomic E-state index is 12.9. The summed E-state index contributed by atoms with van der Waals surface area (Å²) in [6.07, 6.45) is 6.85. The van der Waals surface area contributed by atoms with Crippen LogP contribution in [0.4, 0.5) is 0 Å². The Balaban J connectivity index is 2.49. The predicted molar refractivity (Wildman–Crippen MR) is 96.7 cm³/mol. The van der Waals surface area contributed by atoms with E-state index in [2.05, 4.69) is 56.0 Å². The number of allylic oxidation sites excluding steroid dienone is 2. The van der Waals surface area contributed by atoms with Crippen LogP contribution in [0.1, 0.15) is 47.5 Å². The summed E-state index contributed by atoms with van der Waals surface area (Å²) in [6.45, 7) is 12.2. The Labute approximate surface area is 137 Å². The van der Waals surface area contributed by atoms with Gasteiger partial charge in [0.05, 0.1) is 5.75 Å². The van der Waals surface area contributed by atoms with Gasteiger partial charge in [0.15, 0.2) is 0 Å². The molecule has 0 amide bonds. The molecule has 126 valence electrons. The molecule has 0 spiro atoms. The van der Waals surface area contributed by atoms with Crippen molar-refractivity contribution >= 4 is 9.73 Å². The first kappa shape index (κ1) is 17.7. The van der Waals surface area contributed by atoms with E-state index in [1.807, 2.05) is 0 Å². The molecule has 2 rings (SSSR count). The van der Waals surface area contributed by atoms with Gasteiger partial charge in [0.25, 0.3) is 0 Å². The molecule has 1 heterocycles. The lowest BCUT2D eigenvalue weighted by Gasteiger charge is -2.46. The molecule has 1 saturated heterocycles. The zero-order chi connectivity index (χ0) is 16.5. The molecule has 2 atom stereocenters. The highest BCUT2D eigenvalue weighted by atomic mass is 32.2. The lowest BCUT2D eigenvalue weighted by molar-refractivity contribution is 0.113. The van der Waals surface area contributed by atoms with Gasteiger partial charge in [-0.2, -0.15) is 0 Å². The third kappa shape index (κ3) is 3.65. The van der Waals surface area contributed by atoms with E-state index >= 15 is 0 Å². The van der Waals surface area contributed by atoms with Gasteiger partial charge >= 0.3 is 0 Å². The Bertz CT molecular complexity index is 587. The van der Waals surface area contributed by atoms with Crippen LogP contribution in [0.15, 0.2) is 27.7 Å². The summed E-state index contributed by atoms with van der Waals surface area (Å²) in [5.41, 5.74) is 3.04. The third-order valence-electron chi connectivity index (χ3n) is 4.94. The summed E-state index contributed by atoms with van der Waals surface area (Å²) in [4.78, 5) is 2.54. The van der Waals surface area contributed by atoms with E-state index in [-0.39, 0.29) is 11.6 Å². The SMILES string of the molecule is CN=S1(=O)CCN(C(C)(C)C)C(C2=C(C(C)C)CCC=C2)C1. The molecule has 0 radical (unpaired) electrons. The molecule has 0 aromatic rings. The largest absolute Gasteiger partial charge is 0.290 e. The standard InChI is InChI=1S/C18H32N2OS/c1-14(2)15-9-7-8-10-16(15)17-13-22(21,19-6)12-11-20(17)18(3,4)5/h8,10,14,17H,7,9,11-13H2,1-6H3. The first-order chi connectivity index (χ1) is 10.2. The monoisotopic (exact) mass is 324 g/mol. The van der Waals surface area contributed by atoms with E-state index in [1.54, 1.807) is 12.6 Å². The molecule has 2 unspecified atom stereocenters. The van der Waals surface area contributed by atoms with Crippen LogP contribution in [0.25, 0.3) is 0 Å². The van der Waals surface area contributed by atoms with Crippen molar-refractivity contribution in [3.8, 4) is 0 Å². The fourth-order valence-electron chi connectivity index (χ4n) is 3.69. The normalized spacial score (nSPS) is 31.0. The average molecular weight is 325 g/mol. The van der Waals surface area contributed by atoms with E-state index in [9.17, 15) is 4.21 Å². The van der Waals surface area contributed by atoms with Crippen LogP contribution in [0.2, 0.25) is 0 Å². The molecule has 4 heteroatoms. The highest BCUT2D eigenvalue weighted by Crippen LogP contribution is 2.34. The molecule has 0 aromatic carbocycles. The minimum absolute atomic E-state index is 0.0829. The summed E-state index contributed by atoms with van der Waals surface area (Å²) in [5, 5.41) is 0. The molecule has 0 saturated carbocycles. The van der Waals surface area contributed by atoms with Gasteiger partial charge in [0.2, 0.25) is 0 Å². The number of hydrogen-bond donors (Lipinski definition) is 0. The molecule has 1 aliphatic heterocycles. The first-order valence-corrected chi connectivity index (χ1v) is 10.3. The van der Waals surface area contributed by atoms with Crippen molar-refractivity contribution in [3.63, 3.8) is 0 Å². The van der Waals surface area contributed by atoms with Gasteiger partial charge in [0, 0.05) is 40.7 Å². The molecule has 0 N–H and O–H groups in total. The van der Waals surface area contributed by atoms with Crippen molar-refractivity contribution in [1.29, 1.82) is 0 Å². The van der Waals surface area contributed by atoms with Crippen molar-refractivity contribution in [2.75, 3.05) is 25.1 Å². The van der Waals surface area contributed by atoms with Crippen molar-refractivity contribution in [3.05, 3.63) is 23.3 Å². The topological polar surface area (TPSA) is 32.7 Å². The van der Waals surface area contributed by atoms with Gasteiger partial charge in [-0.25, -0.2) is 8.57 Å². The van der Waals surface area contributed by atoms with Gasteiger partial charge < -0.3 is 0 Å². The van der Waals surface area contributed by atoms with Crippen LogP contribution in [0.3, 0.4) is 0 Å². The van der Waals surface area contributed by atoms with E-state index < -0.39 is 9.73 Å². The minimum Gasteiger partial charge on any atom is -0.290 e. The summed E-state index contributed by atoms with van der Waals surface area (Å²) in [6, 6.07) is 0.235. The highest BCUT2D eigenvalue weighted by molar-refractivity contribution is 7.93. The van der Waals surface area contributed by atoms with Crippen LogP contribution in [0, 0.1) is 5.92 Å². The Hall–Kier alpha value is -0.610. The lowest BCUT2D eigenvalue weighted by Crippen LogP contribution is -2.57. The summed E-state index contributed by atoms with van der Waals surface area (Å²) >= 11 is 0. The zero-order valence-corrected chi connectivity index (χ0v) is 15.9.